The van der Waals surface area contributed by atoms with Gasteiger partial charge in [0, 0.05) is 16.8 Å². The molecule has 0 radical (unpaired) electrons. The summed E-state index contributed by atoms with van der Waals surface area (Å²) in [4.78, 5) is 23.7. The molecule has 0 saturated carbocycles. The summed E-state index contributed by atoms with van der Waals surface area (Å²) < 4.78 is 1.64. The van der Waals surface area contributed by atoms with E-state index in [9.17, 15) is 20.0 Å². The minimum absolute atomic E-state index is 0.0642. The number of carbonyl (C=O) groups excluding carboxylic acids is 1. The quantitative estimate of drug-likeness (QED) is 0.477. The number of para-hydroxylation sites is 1. The van der Waals surface area contributed by atoms with E-state index in [-0.39, 0.29) is 16.8 Å². The maximum absolute atomic E-state index is 12.4. The van der Waals surface area contributed by atoms with E-state index in [1.165, 1.54) is 24.4 Å². The monoisotopic (exact) mass is 406 g/mol. The van der Waals surface area contributed by atoms with E-state index in [4.69, 9.17) is 11.6 Å². The molecule has 0 bridgehead atoms. The molecule has 0 aliphatic heterocycles. The number of amides is 1. The Morgan fingerprint density at radius 1 is 1.21 bits per heavy atom. The fraction of sp³-hybridized carbons (Fsp3) is 0.0476. The lowest BCUT2D eigenvalue weighted by Crippen LogP contribution is -2.16. The van der Waals surface area contributed by atoms with Crippen molar-refractivity contribution in [2.24, 2.45) is 0 Å². The summed E-state index contributed by atoms with van der Waals surface area (Å²) in [6.45, 7) is 0.438. The van der Waals surface area contributed by atoms with E-state index >= 15 is 0 Å². The molecule has 7 nitrogen and oxygen atoms in total. The van der Waals surface area contributed by atoms with Gasteiger partial charge >= 0.3 is 5.97 Å². The Morgan fingerprint density at radius 2 is 1.93 bits per heavy atom. The van der Waals surface area contributed by atoms with E-state index in [2.05, 4.69) is 10.4 Å². The summed E-state index contributed by atoms with van der Waals surface area (Å²) in [6, 6.07) is 15.2. The average molecular weight is 407 g/mol. The lowest BCUT2D eigenvalue weighted by Gasteiger charge is -2.07. The number of carboxylic acid groups (broad SMARTS) is 1. The summed E-state index contributed by atoms with van der Waals surface area (Å²) in [5.74, 6) is -1.88. The highest BCUT2D eigenvalue weighted by Crippen LogP contribution is 2.18. The van der Waals surface area contributed by atoms with Gasteiger partial charge in [-0.3, -0.25) is 9.48 Å². The topological polar surface area (TPSA) is 108 Å². The molecule has 144 valence electrons. The first-order valence-electron chi connectivity index (χ1n) is 8.49. The number of halogens is 1. The highest BCUT2D eigenvalue weighted by Gasteiger charge is 2.15. The third kappa shape index (κ3) is 4.89. The number of anilines is 1. The summed E-state index contributed by atoms with van der Waals surface area (Å²) in [5, 5.41) is 25.9. The number of aromatic nitrogens is 2. The minimum atomic E-state index is -1.18. The third-order valence-corrected chi connectivity index (χ3v) is 4.39. The van der Waals surface area contributed by atoms with E-state index in [0.717, 1.165) is 5.56 Å². The Balaban J connectivity index is 1.78. The highest BCUT2D eigenvalue weighted by atomic mass is 35.5. The van der Waals surface area contributed by atoms with Gasteiger partial charge in [0.05, 0.1) is 24.0 Å². The van der Waals surface area contributed by atoms with Crippen LogP contribution in [-0.4, -0.2) is 26.8 Å². The van der Waals surface area contributed by atoms with Gasteiger partial charge in [-0.05, 0) is 29.8 Å². The molecule has 0 aliphatic rings. The highest BCUT2D eigenvalue weighted by molar-refractivity contribution is 6.31. The maximum Gasteiger partial charge on any atom is 0.337 e. The molecule has 1 heterocycles. The normalized spacial score (nSPS) is 11.0. The fourth-order valence-electron chi connectivity index (χ4n) is 2.63. The van der Waals surface area contributed by atoms with E-state index in [0.29, 0.717) is 17.1 Å². The zero-order valence-corrected chi connectivity index (χ0v) is 15.8. The second-order valence-corrected chi connectivity index (χ2v) is 6.44. The molecule has 3 aromatic rings. The number of nitrogens with one attached hydrogen (secondary N) is 1. The number of hydrogen-bond acceptors (Lipinski definition) is 4. The van der Waals surface area contributed by atoms with Crippen LogP contribution in [0.15, 0.2) is 66.5 Å². The second kappa shape index (κ2) is 8.87. The molecule has 1 aromatic heterocycles. The van der Waals surface area contributed by atoms with Crippen molar-refractivity contribution < 1.29 is 14.7 Å². The molecule has 8 heteroatoms. The zero-order chi connectivity index (χ0) is 20.8. The van der Waals surface area contributed by atoms with Gasteiger partial charge in [0.15, 0.2) is 0 Å². The number of carbonyl (C=O) groups is 2. The van der Waals surface area contributed by atoms with Gasteiger partial charge in [-0.1, -0.05) is 41.9 Å². The van der Waals surface area contributed by atoms with Crippen molar-refractivity contribution in [1.29, 1.82) is 5.26 Å². The first-order valence-corrected chi connectivity index (χ1v) is 8.87. The van der Waals surface area contributed by atoms with Crippen molar-refractivity contribution in [1.82, 2.24) is 9.78 Å². The van der Waals surface area contributed by atoms with Crippen LogP contribution in [0.5, 0.6) is 0 Å². The van der Waals surface area contributed by atoms with Crippen LogP contribution >= 0.6 is 11.6 Å². The summed E-state index contributed by atoms with van der Waals surface area (Å²) in [7, 11) is 0. The van der Waals surface area contributed by atoms with Crippen LogP contribution < -0.4 is 5.32 Å². The van der Waals surface area contributed by atoms with Gasteiger partial charge in [-0.2, -0.15) is 10.4 Å². The maximum atomic E-state index is 12.4. The van der Waals surface area contributed by atoms with Crippen molar-refractivity contribution >= 4 is 35.2 Å². The summed E-state index contributed by atoms with van der Waals surface area (Å²) in [6.07, 6.45) is 4.58. The number of carboxylic acids is 1. The smallest absolute Gasteiger partial charge is 0.337 e. The van der Waals surface area contributed by atoms with Crippen LogP contribution in [0.4, 0.5) is 5.69 Å². The van der Waals surface area contributed by atoms with Crippen LogP contribution in [0.2, 0.25) is 5.02 Å². The molecule has 0 aliphatic carbocycles. The van der Waals surface area contributed by atoms with Crippen molar-refractivity contribution in [2.45, 2.75) is 6.54 Å². The third-order valence-electron chi connectivity index (χ3n) is 4.03. The predicted molar refractivity (Wildman–Crippen MR) is 108 cm³/mol. The molecular formula is C21H15ClN4O3. The molecule has 0 fully saturated rings. The number of nitrogens with zero attached hydrogens (tertiary/aromatic N) is 3. The Kier molecular flexibility index (Phi) is 6.07. The molecule has 29 heavy (non-hydrogen) atoms. The Labute approximate surface area is 171 Å². The second-order valence-electron chi connectivity index (χ2n) is 6.04. The van der Waals surface area contributed by atoms with E-state index < -0.39 is 11.9 Å². The molecule has 0 spiro atoms. The number of hydrogen-bond donors (Lipinski definition) is 2. The van der Waals surface area contributed by atoms with Crippen LogP contribution in [-0.2, 0) is 11.3 Å². The Morgan fingerprint density at radius 3 is 2.66 bits per heavy atom. The van der Waals surface area contributed by atoms with Gasteiger partial charge in [0.25, 0.3) is 5.91 Å². The first kappa shape index (κ1) is 19.9. The SMILES string of the molecule is N#C/C(=C\c1cnn(Cc2ccccc2Cl)c1)C(=O)Nc1ccccc1C(=O)O. The van der Waals surface area contributed by atoms with Crippen molar-refractivity contribution in [3.63, 3.8) is 0 Å². The van der Waals surface area contributed by atoms with Gasteiger partial charge in [-0.15, -0.1) is 0 Å². The lowest BCUT2D eigenvalue weighted by atomic mass is 10.1. The Bertz CT molecular complexity index is 1140. The number of benzene rings is 2. The fourth-order valence-corrected chi connectivity index (χ4v) is 2.82. The van der Waals surface area contributed by atoms with E-state index in [1.807, 2.05) is 24.3 Å². The molecular weight excluding hydrogens is 392 g/mol. The number of aromatic carboxylic acids is 1. The molecule has 3 rings (SSSR count). The zero-order valence-electron chi connectivity index (χ0n) is 15.0. The van der Waals surface area contributed by atoms with Crippen molar-refractivity contribution in [2.75, 3.05) is 5.32 Å². The molecule has 0 saturated heterocycles. The molecule has 0 atom stereocenters. The molecule has 2 aromatic carbocycles. The molecule has 1 amide bonds. The van der Waals surface area contributed by atoms with Crippen LogP contribution in [0, 0.1) is 11.3 Å². The van der Waals surface area contributed by atoms with Crippen LogP contribution in [0.1, 0.15) is 21.5 Å². The number of rotatable bonds is 6. The largest absolute Gasteiger partial charge is 0.478 e. The van der Waals surface area contributed by atoms with Gasteiger partial charge < -0.3 is 10.4 Å². The van der Waals surface area contributed by atoms with Crippen LogP contribution in [0.25, 0.3) is 6.08 Å². The average Bonchev–Trinajstić information content (AvgIpc) is 3.15. The standard InChI is InChI=1S/C21H15ClN4O3/c22-18-7-3-1-5-15(18)13-26-12-14(11-24-26)9-16(10-23)20(27)25-19-8-4-2-6-17(19)21(28)29/h1-9,11-12H,13H2,(H,25,27)(H,28,29)/b16-9+. The first-order chi connectivity index (χ1) is 14.0. The summed E-state index contributed by atoms with van der Waals surface area (Å²) >= 11 is 6.15. The van der Waals surface area contributed by atoms with Gasteiger partial charge in [-0.25, -0.2) is 4.79 Å². The van der Waals surface area contributed by atoms with Crippen LogP contribution in [0.3, 0.4) is 0 Å². The van der Waals surface area contributed by atoms with E-state index in [1.54, 1.807) is 29.1 Å². The lowest BCUT2D eigenvalue weighted by molar-refractivity contribution is -0.112. The van der Waals surface area contributed by atoms with Gasteiger partial charge in [0.1, 0.15) is 11.6 Å². The minimum Gasteiger partial charge on any atom is -0.478 e. The van der Waals surface area contributed by atoms with Crippen molar-refractivity contribution in [3.05, 3.63) is 88.2 Å². The molecule has 0 unspecified atom stereocenters. The number of nitriles is 1. The Hall–Kier alpha value is -3.89. The molecule has 2 N–H and O–H groups in total. The summed E-state index contributed by atoms with van der Waals surface area (Å²) in [5.41, 5.74) is 1.31. The van der Waals surface area contributed by atoms with Gasteiger partial charge in [0.2, 0.25) is 0 Å². The van der Waals surface area contributed by atoms with Crippen molar-refractivity contribution in [3.8, 4) is 6.07 Å². The predicted octanol–water partition coefficient (Wildman–Crippen LogP) is 3.83.